The van der Waals surface area contributed by atoms with Crippen molar-refractivity contribution in [3.05, 3.63) is 63.6 Å². The van der Waals surface area contributed by atoms with E-state index in [1.54, 1.807) is 0 Å². The Labute approximate surface area is 176 Å². The van der Waals surface area contributed by atoms with E-state index in [2.05, 4.69) is 70.3 Å². The number of hydrogen-bond acceptors (Lipinski definition) is 3. The number of carbonyl (C=O) groups excluding carboxylic acids is 1. The highest BCUT2D eigenvalue weighted by Crippen LogP contribution is 2.20. The average Bonchev–Trinajstić information content (AvgIpc) is 2.70. The molecule has 4 nitrogen and oxygen atoms in total. The number of rotatable bonds is 7. The van der Waals surface area contributed by atoms with Gasteiger partial charge in [0.1, 0.15) is 12.4 Å². The van der Waals surface area contributed by atoms with E-state index >= 15 is 0 Å². The fraction of sp³-hybridized carbons (Fsp3) is 0.435. The molecule has 1 N–H and O–H groups in total. The van der Waals surface area contributed by atoms with Crippen LogP contribution in [0.25, 0.3) is 0 Å². The summed E-state index contributed by atoms with van der Waals surface area (Å²) in [6.45, 7) is 8.09. The van der Waals surface area contributed by atoms with Crippen LogP contribution in [0.3, 0.4) is 0 Å². The van der Waals surface area contributed by atoms with Crippen LogP contribution >= 0.6 is 15.9 Å². The van der Waals surface area contributed by atoms with E-state index in [1.165, 1.54) is 16.7 Å². The number of nitrogens with one attached hydrogen (secondary N) is 1. The zero-order chi connectivity index (χ0) is 19.9. The summed E-state index contributed by atoms with van der Waals surface area (Å²) in [5, 5.41) is 3.03. The molecule has 5 heteroatoms. The molecule has 1 saturated heterocycles. The minimum Gasteiger partial charge on any atom is -0.492 e. The molecule has 28 heavy (non-hydrogen) atoms. The number of hydrogen-bond donors (Lipinski definition) is 1. The van der Waals surface area contributed by atoms with E-state index in [9.17, 15) is 4.79 Å². The molecule has 0 atom stereocenters. The summed E-state index contributed by atoms with van der Waals surface area (Å²) in [6.07, 6.45) is 1.83. The minimum absolute atomic E-state index is 0.114. The van der Waals surface area contributed by atoms with Crippen molar-refractivity contribution >= 4 is 21.8 Å². The molecule has 0 aromatic heterocycles. The van der Waals surface area contributed by atoms with Crippen LogP contribution in [0.15, 0.2) is 46.9 Å². The monoisotopic (exact) mass is 444 g/mol. The summed E-state index contributed by atoms with van der Waals surface area (Å²) in [6, 6.07) is 14.5. The van der Waals surface area contributed by atoms with Gasteiger partial charge in [-0.05, 0) is 80.7 Å². The third kappa shape index (κ3) is 6.08. The summed E-state index contributed by atoms with van der Waals surface area (Å²) >= 11 is 3.47. The number of carbonyl (C=O) groups is 1. The molecule has 0 aliphatic carbocycles. The van der Waals surface area contributed by atoms with E-state index in [1.807, 2.05) is 12.1 Å². The lowest BCUT2D eigenvalue weighted by atomic mass is 9.95. The second kappa shape index (κ2) is 10.1. The van der Waals surface area contributed by atoms with E-state index in [-0.39, 0.29) is 11.8 Å². The molecule has 2 aromatic carbocycles. The third-order valence-corrected chi connectivity index (χ3v) is 5.95. The molecule has 1 fully saturated rings. The summed E-state index contributed by atoms with van der Waals surface area (Å²) < 4.78 is 6.85. The Morgan fingerprint density at radius 1 is 1.11 bits per heavy atom. The van der Waals surface area contributed by atoms with Gasteiger partial charge in [-0.2, -0.15) is 0 Å². The molecule has 0 radical (unpaired) electrons. The van der Waals surface area contributed by atoms with Gasteiger partial charge < -0.3 is 10.1 Å². The normalized spacial score (nSPS) is 15.4. The van der Waals surface area contributed by atoms with Crippen LogP contribution in [0.5, 0.6) is 5.75 Å². The first kappa shape index (κ1) is 20.9. The molecule has 0 saturated carbocycles. The van der Waals surface area contributed by atoms with Gasteiger partial charge in [0.15, 0.2) is 0 Å². The predicted octanol–water partition coefficient (Wildman–Crippen LogP) is 4.47. The van der Waals surface area contributed by atoms with Gasteiger partial charge in [-0.1, -0.05) is 34.1 Å². The molecule has 1 amide bonds. The summed E-state index contributed by atoms with van der Waals surface area (Å²) in [5.74, 6) is 1.13. The van der Waals surface area contributed by atoms with Crippen molar-refractivity contribution in [2.45, 2.75) is 33.2 Å². The molecule has 0 bridgehead atoms. The Bertz CT molecular complexity index is 784. The molecule has 2 aromatic rings. The van der Waals surface area contributed by atoms with Crippen molar-refractivity contribution in [1.29, 1.82) is 0 Å². The molecule has 1 aliphatic rings. The quantitative estimate of drug-likeness (QED) is 0.640. The van der Waals surface area contributed by atoms with Crippen LogP contribution in [0, 0.1) is 19.8 Å². The minimum atomic E-state index is 0.114. The fourth-order valence-corrected chi connectivity index (χ4v) is 3.76. The second-order valence-corrected chi connectivity index (χ2v) is 8.48. The molecular formula is C23H29BrN2O2. The summed E-state index contributed by atoms with van der Waals surface area (Å²) in [4.78, 5) is 14.8. The predicted molar refractivity (Wildman–Crippen MR) is 117 cm³/mol. The molecule has 1 aliphatic heterocycles. The molecule has 1 heterocycles. The highest BCUT2D eigenvalue weighted by molar-refractivity contribution is 9.10. The van der Waals surface area contributed by atoms with Gasteiger partial charge in [0.05, 0.1) is 6.54 Å². The molecule has 0 spiro atoms. The lowest BCUT2D eigenvalue weighted by Gasteiger charge is -2.31. The molecule has 3 rings (SSSR count). The number of benzene rings is 2. The van der Waals surface area contributed by atoms with Crippen molar-refractivity contribution in [2.75, 3.05) is 26.2 Å². The van der Waals surface area contributed by atoms with Gasteiger partial charge in [-0.25, -0.2) is 0 Å². The first-order chi connectivity index (χ1) is 13.5. The van der Waals surface area contributed by atoms with Crippen molar-refractivity contribution in [3.8, 4) is 5.75 Å². The lowest BCUT2D eigenvalue weighted by molar-refractivity contribution is -0.126. The van der Waals surface area contributed by atoms with Crippen LogP contribution < -0.4 is 10.1 Å². The van der Waals surface area contributed by atoms with E-state index < -0.39 is 0 Å². The number of nitrogens with zero attached hydrogens (tertiary/aromatic N) is 1. The van der Waals surface area contributed by atoms with Crippen LogP contribution in [0.1, 0.15) is 29.5 Å². The maximum Gasteiger partial charge on any atom is 0.223 e. The maximum absolute atomic E-state index is 12.4. The van der Waals surface area contributed by atoms with Crippen molar-refractivity contribution < 1.29 is 9.53 Å². The largest absolute Gasteiger partial charge is 0.492 e. The number of likely N-dealkylation sites (tertiary alicyclic amines) is 1. The Morgan fingerprint density at radius 3 is 2.50 bits per heavy atom. The highest BCUT2D eigenvalue weighted by atomic mass is 79.9. The van der Waals surface area contributed by atoms with Gasteiger partial charge in [-0.3, -0.25) is 9.69 Å². The van der Waals surface area contributed by atoms with Gasteiger partial charge in [0.2, 0.25) is 5.91 Å². The Morgan fingerprint density at radius 2 is 1.82 bits per heavy atom. The van der Waals surface area contributed by atoms with Gasteiger partial charge in [-0.15, -0.1) is 0 Å². The Hall–Kier alpha value is -1.85. The third-order valence-electron chi connectivity index (χ3n) is 5.43. The van der Waals surface area contributed by atoms with Crippen LogP contribution in [0.4, 0.5) is 0 Å². The highest BCUT2D eigenvalue weighted by Gasteiger charge is 2.24. The molecular weight excluding hydrogens is 416 g/mol. The SMILES string of the molecule is Cc1ccc(OCCNC(=O)C2CCN(Cc3ccc(Br)cc3)CC2)cc1C. The van der Waals surface area contributed by atoms with E-state index in [0.717, 1.165) is 42.7 Å². The average molecular weight is 445 g/mol. The number of aryl methyl sites for hydroxylation is 2. The van der Waals surface area contributed by atoms with E-state index in [0.29, 0.717) is 13.2 Å². The first-order valence-electron chi connectivity index (χ1n) is 9.96. The number of amides is 1. The van der Waals surface area contributed by atoms with Crippen LogP contribution in [-0.2, 0) is 11.3 Å². The smallest absolute Gasteiger partial charge is 0.223 e. The standard InChI is InChI=1S/C23H29BrN2O2/c1-17-3-8-22(15-18(17)2)28-14-11-25-23(27)20-9-12-26(13-10-20)16-19-4-6-21(24)7-5-19/h3-8,15,20H,9-14,16H2,1-2H3,(H,25,27). The lowest BCUT2D eigenvalue weighted by Crippen LogP contribution is -2.41. The van der Waals surface area contributed by atoms with Gasteiger partial charge in [0, 0.05) is 16.9 Å². The van der Waals surface area contributed by atoms with Crippen molar-refractivity contribution in [2.24, 2.45) is 5.92 Å². The number of halogens is 1. The molecule has 0 unspecified atom stereocenters. The van der Waals surface area contributed by atoms with Crippen LogP contribution in [-0.4, -0.2) is 37.0 Å². The first-order valence-corrected chi connectivity index (χ1v) is 10.7. The van der Waals surface area contributed by atoms with Crippen molar-refractivity contribution in [1.82, 2.24) is 10.2 Å². The number of piperidine rings is 1. The summed E-state index contributed by atoms with van der Waals surface area (Å²) in [7, 11) is 0. The van der Waals surface area contributed by atoms with Gasteiger partial charge >= 0.3 is 0 Å². The van der Waals surface area contributed by atoms with Gasteiger partial charge in [0.25, 0.3) is 0 Å². The summed E-state index contributed by atoms with van der Waals surface area (Å²) in [5.41, 5.74) is 3.79. The maximum atomic E-state index is 12.4. The fourth-order valence-electron chi connectivity index (χ4n) is 3.49. The second-order valence-electron chi connectivity index (χ2n) is 7.56. The Balaban J connectivity index is 1.34. The molecule has 150 valence electrons. The van der Waals surface area contributed by atoms with Crippen molar-refractivity contribution in [3.63, 3.8) is 0 Å². The van der Waals surface area contributed by atoms with Crippen LogP contribution in [0.2, 0.25) is 0 Å². The number of ether oxygens (including phenoxy) is 1. The Kier molecular flexibility index (Phi) is 7.51. The zero-order valence-corrected chi connectivity index (χ0v) is 18.3. The van der Waals surface area contributed by atoms with E-state index in [4.69, 9.17) is 4.74 Å². The topological polar surface area (TPSA) is 41.6 Å². The zero-order valence-electron chi connectivity index (χ0n) is 16.7.